The summed E-state index contributed by atoms with van der Waals surface area (Å²) < 4.78 is 31.6. The van der Waals surface area contributed by atoms with Gasteiger partial charge in [0.05, 0.1) is 20.8 Å². The van der Waals surface area contributed by atoms with Gasteiger partial charge >= 0.3 is 0 Å². The molecule has 1 aromatic heterocycles. The van der Waals surface area contributed by atoms with Gasteiger partial charge in [0.2, 0.25) is 10.0 Å². The molecule has 1 N–H and O–H groups in total. The molecule has 0 aliphatic rings. The van der Waals surface area contributed by atoms with E-state index < -0.39 is 25.9 Å². The first-order valence-corrected chi connectivity index (χ1v) is 15.8. The monoisotopic (exact) mass is 630 g/mol. The van der Waals surface area contributed by atoms with Gasteiger partial charge in [-0.05, 0) is 48.7 Å². The Morgan fingerprint density at radius 2 is 1.43 bits per heavy atom. The van der Waals surface area contributed by atoms with E-state index in [1.54, 1.807) is 16.7 Å². The average molecular weight is 631 g/mol. The molecule has 0 amide bonds. The highest BCUT2D eigenvalue weighted by Gasteiger charge is 2.29. The lowest BCUT2D eigenvalue weighted by molar-refractivity contribution is -0.385. The van der Waals surface area contributed by atoms with Crippen LogP contribution in [0, 0.1) is 27.2 Å². The van der Waals surface area contributed by atoms with Crippen molar-refractivity contribution in [2.45, 2.75) is 35.2 Å². The van der Waals surface area contributed by atoms with Crippen LogP contribution < -0.4 is 4.72 Å². The zero-order valence-corrected chi connectivity index (χ0v) is 24.9. The second kappa shape index (κ2) is 13.2. The number of nitrogens with zero attached hydrogens (tertiary/aromatic N) is 5. The number of hydrogen-bond acceptors (Lipinski definition) is 9. The van der Waals surface area contributed by atoms with Gasteiger partial charge in [0.25, 0.3) is 11.4 Å². The summed E-state index contributed by atoms with van der Waals surface area (Å²) in [4.78, 5) is 21.2. The maximum atomic E-state index is 13.6. The second-order valence-corrected chi connectivity index (χ2v) is 12.5. The SMILES string of the molecule is Cc1cccc(CSc2nnc(C(Cc3ccccc3)NS(=O)(=O)c3ccc([N+](=O)[O-])cc3)n2-c2ccc([N+](=O)[O-])cc2)c1. The van der Waals surface area contributed by atoms with Gasteiger partial charge in [-0.15, -0.1) is 10.2 Å². The zero-order valence-electron chi connectivity index (χ0n) is 23.3. The lowest BCUT2D eigenvalue weighted by Crippen LogP contribution is -2.32. The van der Waals surface area contributed by atoms with E-state index >= 15 is 0 Å². The molecular weight excluding hydrogens is 605 g/mol. The van der Waals surface area contributed by atoms with Crippen LogP contribution in [0.5, 0.6) is 0 Å². The molecule has 5 aromatic rings. The van der Waals surface area contributed by atoms with E-state index in [-0.39, 0.29) is 28.5 Å². The van der Waals surface area contributed by atoms with E-state index in [0.29, 0.717) is 16.6 Å². The van der Waals surface area contributed by atoms with E-state index in [1.165, 1.54) is 36.0 Å². The predicted molar refractivity (Wildman–Crippen MR) is 165 cm³/mol. The summed E-state index contributed by atoms with van der Waals surface area (Å²) in [7, 11) is -4.19. The number of aryl methyl sites for hydroxylation is 1. The highest BCUT2D eigenvalue weighted by atomic mass is 32.2. The molecule has 1 unspecified atom stereocenters. The third kappa shape index (κ3) is 7.16. The van der Waals surface area contributed by atoms with Crippen LogP contribution in [0.3, 0.4) is 0 Å². The van der Waals surface area contributed by atoms with E-state index in [9.17, 15) is 28.6 Å². The zero-order chi connectivity index (χ0) is 31.3. The largest absolute Gasteiger partial charge is 0.273 e. The number of nitro groups is 2. The van der Waals surface area contributed by atoms with Crippen molar-refractivity contribution in [1.82, 2.24) is 19.5 Å². The Balaban J connectivity index is 1.58. The molecule has 12 nitrogen and oxygen atoms in total. The summed E-state index contributed by atoms with van der Waals surface area (Å²) in [5.41, 5.74) is 3.14. The van der Waals surface area contributed by atoms with Crippen molar-refractivity contribution < 1.29 is 18.3 Å². The highest BCUT2D eigenvalue weighted by molar-refractivity contribution is 7.98. The molecule has 1 heterocycles. The fourth-order valence-electron chi connectivity index (χ4n) is 4.55. The highest BCUT2D eigenvalue weighted by Crippen LogP contribution is 2.31. The molecular formula is C30H26N6O6S2. The van der Waals surface area contributed by atoms with E-state index in [0.717, 1.165) is 28.8 Å². The Morgan fingerprint density at radius 1 is 0.818 bits per heavy atom. The molecule has 5 rings (SSSR count). The number of non-ortho nitro benzene ring substituents is 2. The molecule has 14 heteroatoms. The molecule has 1 atom stereocenters. The molecule has 0 fully saturated rings. The number of benzene rings is 4. The molecule has 0 saturated carbocycles. The summed E-state index contributed by atoms with van der Waals surface area (Å²) in [6, 6.07) is 26.7. The Morgan fingerprint density at radius 3 is 2.05 bits per heavy atom. The smallest absolute Gasteiger partial charge is 0.269 e. The van der Waals surface area contributed by atoms with Gasteiger partial charge in [-0.3, -0.25) is 24.8 Å². The number of nitrogens with one attached hydrogen (secondary N) is 1. The molecule has 44 heavy (non-hydrogen) atoms. The topological polar surface area (TPSA) is 163 Å². The van der Waals surface area contributed by atoms with Crippen molar-refractivity contribution in [3.63, 3.8) is 0 Å². The van der Waals surface area contributed by atoms with Gasteiger partial charge in [-0.2, -0.15) is 0 Å². The number of sulfonamides is 1. The first kappa shape index (κ1) is 30.5. The van der Waals surface area contributed by atoms with Crippen molar-refractivity contribution in [2.75, 3.05) is 0 Å². The minimum Gasteiger partial charge on any atom is -0.273 e. The number of hydrogen-bond donors (Lipinski definition) is 1. The third-order valence-electron chi connectivity index (χ3n) is 6.68. The van der Waals surface area contributed by atoms with Gasteiger partial charge in [0, 0.05) is 35.7 Å². The van der Waals surface area contributed by atoms with E-state index in [1.807, 2.05) is 55.5 Å². The summed E-state index contributed by atoms with van der Waals surface area (Å²) >= 11 is 1.39. The number of thioether (sulfide) groups is 1. The van der Waals surface area contributed by atoms with Crippen LogP contribution in [0.1, 0.15) is 28.6 Å². The summed E-state index contributed by atoms with van der Waals surface area (Å²) in [5, 5.41) is 31.8. The van der Waals surface area contributed by atoms with Crippen LogP contribution in [0.4, 0.5) is 11.4 Å². The van der Waals surface area contributed by atoms with Gasteiger partial charge in [0.15, 0.2) is 11.0 Å². The Hall–Kier alpha value is -4.92. The van der Waals surface area contributed by atoms with Crippen LogP contribution in [-0.2, 0) is 22.2 Å². The van der Waals surface area contributed by atoms with Crippen molar-refractivity contribution in [3.8, 4) is 5.69 Å². The molecule has 0 spiro atoms. The van der Waals surface area contributed by atoms with Crippen molar-refractivity contribution in [3.05, 3.63) is 146 Å². The minimum atomic E-state index is -4.19. The number of nitro benzene ring substituents is 2. The number of rotatable bonds is 12. The van der Waals surface area contributed by atoms with Crippen LogP contribution in [0.15, 0.2) is 113 Å². The van der Waals surface area contributed by atoms with Crippen LogP contribution in [-0.4, -0.2) is 33.0 Å². The molecule has 224 valence electrons. The summed E-state index contributed by atoms with van der Waals surface area (Å²) in [5.74, 6) is 0.810. The quantitative estimate of drug-likeness (QED) is 0.0997. The summed E-state index contributed by atoms with van der Waals surface area (Å²) in [6.07, 6.45) is 0.195. The Kier molecular flexibility index (Phi) is 9.13. The normalized spacial score (nSPS) is 12.1. The maximum Gasteiger partial charge on any atom is 0.269 e. The first-order chi connectivity index (χ1) is 21.1. The average Bonchev–Trinajstić information content (AvgIpc) is 3.44. The molecule has 0 bridgehead atoms. The lowest BCUT2D eigenvalue weighted by atomic mass is 10.1. The molecule has 0 saturated heterocycles. The molecule has 0 radical (unpaired) electrons. The van der Waals surface area contributed by atoms with Crippen molar-refractivity contribution >= 4 is 33.2 Å². The minimum absolute atomic E-state index is 0.1000. The van der Waals surface area contributed by atoms with Crippen LogP contribution in [0.25, 0.3) is 5.69 Å². The van der Waals surface area contributed by atoms with E-state index in [4.69, 9.17) is 0 Å². The first-order valence-electron chi connectivity index (χ1n) is 13.3. The summed E-state index contributed by atoms with van der Waals surface area (Å²) in [6.45, 7) is 2.00. The standard InChI is InChI=1S/C30H26N6O6S2/c1-21-6-5-9-23(18-21)20-43-30-32-31-29(34(30)24-10-12-25(13-11-24)35(37)38)28(19-22-7-3-2-4-8-22)33-44(41,42)27-16-14-26(15-17-27)36(39)40/h2-18,28,33H,19-20H2,1H3. The van der Waals surface area contributed by atoms with E-state index in [2.05, 4.69) is 21.0 Å². The van der Waals surface area contributed by atoms with Gasteiger partial charge in [0.1, 0.15) is 0 Å². The van der Waals surface area contributed by atoms with Gasteiger partial charge in [-0.25, -0.2) is 13.1 Å². The fourth-order valence-corrected chi connectivity index (χ4v) is 6.65. The van der Waals surface area contributed by atoms with Gasteiger partial charge in [-0.1, -0.05) is 71.9 Å². The second-order valence-electron chi connectivity index (χ2n) is 9.84. The van der Waals surface area contributed by atoms with Gasteiger partial charge < -0.3 is 0 Å². The maximum absolute atomic E-state index is 13.6. The van der Waals surface area contributed by atoms with Crippen LogP contribution in [0.2, 0.25) is 0 Å². The molecule has 0 aliphatic carbocycles. The van der Waals surface area contributed by atoms with Crippen molar-refractivity contribution in [1.29, 1.82) is 0 Å². The third-order valence-corrected chi connectivity index (χ3v) is 9.16. The van der Waals surface area contributed by atoms with Crippen LogP contribution >= 0.6 is 11.8 Å². The molecule has 4 aromatic carbocycles. The predicted octanol–water partition coefficient (Wildman–Crippen LogP) is 5.95. The Bertz CT molecular complexity index is 1900. The Labute approximate surface area is 257 Å². The fraction of sp³-hybridized carbons (Fsp3) is 0.133. The number of aromatic nitrogens is 3. The van der Waals surface area contributed by atoms with Crippen molar-refractivity contribution in [2.24, 2.45) is 0 Å². The lowest BCUT2D eigenvalue weighted by Gasteiger charge is -2.20. The molecule has 0 aliphatic heterocycles.